The van der Waals surface area contributed by atoms with E-state index in [0.29, 0.717) is 28.0 Å². The summed E-state index contributed by atoms with van der Waals surface area (Å²) in [5.41, 5.74) is 2.63. The summed E-state index contributed by atoms with van der Waals surface area (Å²) in [6.07, 6.45) is 3.25. The van der Waals surface area contributed by atoms with Gasteiger partial charge in [-0.1, -0.05) is 13.0 Å². The molecule has 1 aromatic heterocycles. The molecule has 25 heavy (non-hydrogen) atoms. The smallest absolute Gasteiger partial charge is 0.231 e. The van der Waals surface area contributed by atoms with Crippen LogP contribution in [-0.4, -0.2) is 12.7 Å². The van der Waals surface area contributed by atoms with E-state index < -0.39 is 0 Å². The zero-order valence-corrected chi connectivity index (χ0v) is 14.7. The molecule has 2 heterocycles. The molecule has 5 nitrogen and oxygen atoms in total. The van der Waals surface area contributed by atoms with Gasteiger partial charge in [0.15, 0.2) is 11.5 Å². The first-order valence-corrected chi connectivity index (χ1v) is 9.18. The van der Waals surface area contributed by atoms with Crippen LogP contribution >= 0.6 is 11.3 Å². The van der Waals surface area contributed by atoms with Gasteiger partial charge in [0.05, 0.1) is 12.0 Å². The van der Waals surface area contributed by atoms with E-state index in [9.17, 15) is 10.1 Å². The molecule has 1 amide bonds. The predicted octanol–water partition coefficient (Wildman–Crippen LogP) is 3.65. The van der Waals surface area contributed by atoms with Gasteiger partial charge in [0.1, 0.15) is 11.1 Å². The van der Waals surface area contributed by atoms with Gasteiger partial charge in [0.25, 0.3) is 0 Å². The van der Waals surface area contributed by atoms with Crippen LogP contribution in [0.4, 0.5) is 5.00 Å². The Bertz CT molecular complexity index is 882. The summed E-state index contributed by atoms with van der Waals surface area (Å²) in [6.45, 7) is 2.45. The fourth-order valence-electron chi connectivity index (χ4n) is 3.36. The Morgan fingerprint density at radius 1 is 1.40 bits per heavy atom. The van der Waals surface area contributed by atoms with Crippen LogP contribution in [0.15, 0.2) is 18.2 Å². The number of fused-ring (bicyclic) bond motifs is 2. The van der Waals surface area contributed by atoms with E-state index in [-0.39, 0.29) is 19.1 Å². The molecule has 0 radical (unpaired) electrons. The van der Waals surface area contributed by atoms with Crippen LogP contribution in [0.2, 0.25) is 0 Å². The lowest BCUT2D eigenvalue weighted by Gasteiger charge is -2.17. The number of hydrogen-bond acceptors (Lipinski definition) is 5. The summed E-state index contributed by atoms with van der Waals surface area (Å²) in [6, 6.07) is 7.79. The maximum absolute atomic E-state index is 12.4. The van der Waals surface area contributed by atoms with E-state index in [2.05, 4.69) is 18.3 Å². The molecule has 2 aromatic rings. The standard InChI is InChI=1S/C19H18N2O3S/c1-11-2-4-13-14(9-20)19(25-17(13)6-11)21-18(22)8-12-3-5-15-16(7-12)24-10-23-15/h3,5,7,11H,2,4,6,8,10H2,1H3,(H,21,22). The minimum absolute atomic E-state index is 0.123. The van der Waals surface area contributed by atoms with Gasteiger partial charge in [0, 0.05) is 4.88 Å². The number of benzene rings is 1. The molecular formula is C19H18N2O3S. The number of carbonyl (C=O) groups is 1. The Labute approximate surface area is 150 Å². The Kier molecular flexibility index (Phi) is 4.10. The number of nitrogens with zero attached hydrogens (tertiary/aromatic N) is 1. The second kappa shape index (κ2) is 6.41. The lowest BCUT2D eigenvalue weighted by atomic mass is 9.88. The molecule has 1 aliphatic carbocycles. The minimum atomic E-state index is -0.123. The average molecular weight is 354 g/mol. The molecule has 1 aliphatic heterocycles. The number of nitrogens with one attached hydrogen (secondary N) is 1. The quantitative estimate of drug-likeness (QED) is 0.913. The van der Waals surface area contributed by atoms with E-state index in [0.717, 1.165) is 30.4 Å². The van der Waals surface area contributed by atoms with E-state index in [1.165, 1.54) is 4.88 Å². The largest absolute Gasteiger partial charge is 0.454 e. The van der Waals surface area contributed by atoms with Crippen molar-refractivity contribution < 1.29 is 14.3 Å². The maximum Gasteiger partial charge on any atom is 0.231 e. The topological polar surface area (TPSA) is 71.3 Å². The first-order chi connectivity index (χ1) is 12.1. The fraction of sp³-hybridized carbons (Fsp3) is 0.368. The number of thiophene rings is 1. The Balaban J connectivity index is 1.50. The SMILES string of the molecule is CC1CCc2c(sc(NC(=O)Cc3ccc4c(c3)OCO4)c2C#N)C1. The van der Waals surface area contributed by atoms with Gasteiger partial charge in [-0.15, -0.1) is 11.3 Å². The molecule has 1 unspecified atom stereocenters. The van der Waals surface area contributed by atoms with Crippen molar-refractivity contribution in [3.63, 3.8) is 0 Å². The molecule has 6 heteroatoms. The lowest BCUT2D eigenvalue weighted by Crippen LogP contribution is -2.14. The van der Waals surface area contributed by atoms with Crippen LogP contribution in [0, 0.1) is 17.2 Å². The van der Waals surface area contributed by atoms with Crippen LogP contribution in [0.5, 0.6) is 11.5 Å². The average Bonchev–Trinajstić information content (AvgIpc) is 3.17. The second-order valence-electron chi connectivity index (χ2n) is 6.58. The van der Waals surface area contributed by atoms with Crippen molar-refractivity contribution in [3.8, 4) is 17.6 Å². The van der Waals surface area contributed by atoms with E-state index in [1.54, 1.807) is 11.3 Å². The second-order valence-corrected chi connectivity index (χ2v) is 7.69. The number of amides is 1. The Morgan fingerprint density at radius 3 is 3.08 bits per heavy atom. The van der Waals surface area contributed by atoms with E-state index >= 15 is 0 Å². The zero-order chi connectivity index (χ0) is 17.4. The third-order valence-electron chi connectivity index (χ3n) is 4.68. The molecule has 1 N–H and O–H groups in total. The number of rotatable bonds is 3. The van der Waals surface area contributed by atoms with Gasteiger partial charge in [-0.3, -0.25) is 4.79 Å². The normalized spacial score (nSPS) is 17.7. The minimum Gasteiger partial charge on any atom is -0.454 e. The first-order valence-electron chi connectivity index (χ1n) is 8.37. The highest BCUT2D eigenvalue weighted by atomic mass is 32.1. The molecule has 4 rings (SSSR count). The molecule has 1 atom stereocenters. The zero-order valence-electron chi connectivity index (χ0n) is 13.9. The van der Waals surface area contributed by atoms with Crippen molar-refractivity contribution in [1.29, 1.82) is 5.26 Å². The summed E-state index contributed by atoms with van der Waals surface area (Å²) < 4.78 is 10.6. The highest BCUT2D eigenvalue weighted by Crippen LogP contribution is 2.39. The number of ether oxygens (including phenoxy) is 2. The number of anilines is 1. The summed E-state index contributed by atoms with van der Waals surface area (Å²) in [4.78, 5) is 13.7. The van der Waals surface area contributed by atoms with Crippen LogP contribution < -0.4 is 14.8 Å². The van der Waals surface area contributed by atoms with Crippen LogP contribution in [0.3, 0.4) is 0 Å². The van der Waals surface area contributed by atoms with E-state index in [4.69, 9.17) is 9.47 Å². The predicted molar refractivity (Wildman–Crippen MR) is 95.1 cm³/mol. The molecule has 1 aromatic carbocycles. The number of hydrogen-bond donors (Lipinski definition) is 1. The third kappa shape index (κ3) is 3.08. The Morgan fingerprint density at radius 2 is 2.24 bits per heavy atom. The number of carbonyl (C=O) groups excluding carboxylic acids is 1. The van der Waals surface area contributed by atoms with Crippen molar-refractivity contribution >= 4 is 22.2 Å². The maximum atomic E-state index is 12.4. The molecule has 0 spiro atoms. The summed E-state index contributed by atoms with van der Waals surface area (Å²) in [7, 11) is 0. The highest BCUT2D eigenvalue weighted by Gasteiger charge is 2.24. The summed E-state index contributed by atoms with van der Waals surface area (Å²) in [5.74, 6) is 1.89. The van der Waals surface area contributed by atoms with Gasteiger partial charge in [0.2, 0.25) is 12.7 Å². The monoisotopic (exact) mass is 354 g/mol. The van der Waals surface area contributed by atoms with Crippen LogP contribution in [0.1, 0.15) is 34.9 Å². The van der Waals surface area contributed by atoms with Crippen molar-refractivity contribution in [3.05, 3.63) is 39.8 Å². The van der Waals surface area contributed by atoms with Crippen LogP contribution in [0.25, 0.3) is 0 Å². The van der Waals surface area contributed by atoms with E-state index in [1.807, 2.05) is 18.2 Å². The van der Waals surface area contributed by atoms with Gasteiger partial charge in [-0.2, -0.15) is 5.26 Å². The lowest BCUT2D eigenvalue weighted by molar-refractivity contribution is -0.115. The first kappa shape index (κ1) is 16.0. The van der Waals surface area contributed by atoms with Gasteiger partial charge < -0.3 is 14.8 Å². The molecule has 0 saturated carbocycles. The fourth-order valence-corrected chi connectivity index (χ4v) is 4.74. The summed E-state index contributed by atoms with van der Waals surface area (Å²) >= 11 is 1.55. The Hall–Kier alpha value is -2.52. The molecule has 128 valence electrons. The molecular weight excluding hydrogens is 336 g/mol. The number of nitriles is 1. The van der Waals surface area contributed by atoms with Crippen LogP contribution in [-0.2, 0) is 24.1 Å². The highest BCUT2D eigenvalue weighted by molar-refractivity contribution is 7.16. The van der Waals surface area contributed by atoms with Crippen molar-refractivity contribution in [1.82, 2.24) is 0 Å². The molecule has 0 fully saturated rings. The molecule has 0 bridgehead atoms. The van der Waals surface area contributed by atoms with Gasteiger partial charge in [-0.25, -0.2) is 0 Å². The van der Waals surface area contributed by atoms with Gasteiger partial charge in [-0.05, 0) is 48.4 Å². The van der Waals surface area contributed by atoms with Gasteiger partial charge >= 0.3 is 0 Å². The molecule has 2 aliphatic rings. The molecule has 0 saturated heterocycles. The van der Waals surface area contributed by atoms with Crippen molar-refractivity contribution in [2.45, 2.75) is 32.6 Å². The summed E-state index contributed by atoms with van der Waals surface area (Å²) in [5, 5.41) is 13.1. The van der Waals surface area contributed by atoms with Crippen molar-refractivity contribution in [2.75, 3.05) is 12.1 Å². The third-order valence-corrected chi connectivity index (χ3v) is 5.85. The van der Waals surface area contributed by atoms with Crippen molar-refractivity contribution in [2.24, 2.45) is 5.92 Å².